The van der Waals surface area contributed by atoms with Gasteiger partial charge in [0, 0.05) is 31.8 Å². The van der Waals surface area contributed by atoms with E-state index in [1.165, 1.54) is 19.4 Å². The third-order valence-corrected chi connectivity index (χ3v) is 4.15. The fourth-order valence-corrected chi connectivity index (χ4v) is 2.60. The van der Waals surface area contributed by atoms with Gasteiger partial charge >= 0.3 is 0 Å². The van der Waals surface area contributed by atoms with Crippen LogP contribution in [0.5, 0.6) is 0 Å². The Bertz CT molecular complexity index is 198. The number of hydrogen-bond donors (Lipinski definition) is 1. The largest absolute Gasteiger partial charge is 0.381 e. The van der Waals surface area contributed by atoms with Crippen LogP contribution in [0, 0.1) is 5.92 Å². The van der Waals surface area contributed by atoms with Crippen molar-refractivity contribution in [2.75, 3.05) is 32.8 Å². The van der Waals surface area contributed by atoms with Crippen molar-refractivity contribution in [1.29, 1.82) is 0 Å². The minimum absolute atomic E-state index is 0.0136. The Morgan fingerprint density at radius 1 is 1.18 bits per heavy atom. The van der Waals surface area contributed by atoms with Crippen LogP contribution >= 0.6 is 0 Å². The first kappa shape index (κ1) is 14.9. The van der Waals surface area contributed by atoms with Crippen molar-refractivity contribution in [2.45, 2.75) is 52.0 Å². The van der Waals surface area contributed by atoms with Gasteiger partial charge in [-0.05, 0) is 25.3 Å². The van der Waals surface area contributed by atoms with Crippen molar-refractivity contribution >= 4 is 0 Å². The summed E-state index contributed by atoms with van der Waals surface area (Å²) in [7, 11) is 0. The van der Waals surface area contributed by atoms with E-state index in [-0.39, 0.29) is 5.54 Å². The zero-order chi connectivity index (χ0) is 12.7. The summed E-state index contributed by atoms with van der Waals surface area (Å²) in [6.45, 7) is 11.8. The first-order valence-corrected chi connectivity index (χ1v) is 7.22. The molecule has 0 radical (unpaired) electrons. The third kappa shape index (κ3) is 4.94. The molecule has 3 nitrogen and oxygen atoms in total. The standard InChI is InChI=1S/C14H30N2O/c1-4-13(5-2)11-16(6-3)12-14(15)7-9-17-10-8-14/h13H,4-12,15H2,1-3H3. The Kier molecular flexibility index (Phi) is 6.45. The van der Waals surface area contributed by atoms with E-state index in [1.807, 2.05) is 0 Å². The van der Waals surface area contributed by atoms with Crippen molar-refractivity contribution in [3.63, 3.8) is 0 Å². The van der Waals surface area contributed by atoms with Gasteiger partial charge in [0.15, 0.2) is 0 Å². The molecule has 0 aliphatic carbocycles. The van der Waals surface area contributed by atoms with Crippen LogP contribution < -0.4 is 5.73 Å². The lowest BCUT2D eigenvalue weighted by Gasteiger charge is -2.38. The second kappa shape index (κ2) is 7.34. The minimum atomic E-state index is -0.0136. The highest BCUT2D eigenvalue weighted by Crippen LogP contribution is 2.20. The van der Waals surface area contributed by atoms with Gasteiger partial charge < -0.3 is 15.4 Å². The molecule has 3 heteroatoms. The summed E-state index contributed by atoms with van der Waals surface area (Å²) >= 11 is 0. The van der Waals surface area contributed by atoms with E-state index < -0.39 is 0 Å². The lowest BCUT2D eigenvalue weighted by Crippen LogP contribution is -2.54. The van der Waals surface area contributed by atoms with Gasteiger partial charge in [0.1, 0.15) is 0 Å². The summed E-state index contributed by atoms with van der Waals surface area (Å²) in [5, 5.41) is 0. The highest BCUT2D eigenvalue weighted by Gasteiger charge is 2.30. The number of hydrogen-bond acceptors (Lipinski definition) is 3. The van der Waals surface area contributed by atoms with Crippen LogP contribution in [0.4, 0.5) is 0 Å². The second-order valence-electron chi connectivity index (χ2n) is 5.49. The molecular weight excluding hydrogens is 212 g/mol. The molecule has 1 rings (SSSR count). The molecule has 0 unspecified atom stereocenters. The molecule has 0 bridgehead atoms. The molecule has 1 saturated heterocycles. The molecule has 17 heavy (non-hydrogen) atoms. The summed E-state index contributed by atoms with van der Waals surface area (Å²) in [5.41, 5.74) is 6.46. The summed E-state index contributed by atoms with van der Waals surface area (Å²) in [6.07, 6.45) is 4.56. The smallest absolute Gasteiger partial charge is 0.0484 e. The van der Waals surface area contributed by atoms with Gasteiger partial charge in [0.2, 0.25) is 0 Å². The fraction of sp³-hybridized carbons (Fsp3) is 1.00. The van der Waals surface area contributed by atoms with Crippen molar-refractivity contribution in [1.82, 2.24) is 4.90 Å². The summed E-state index contributed by atoms with van der Waals surface area (Å²) < 4.78 is 5.41. The molecule has 1 heterocycles. The van der Waals surface area contributed by atoms with E-state index in [0.29, 0.717) is 0 Å². The van der Waals surface area contributed by atoms with E-state index in [4.69, 9.17) is 10.5 Å². The molecule has 0 aromatic rings. The van der Waals surface area contributed by atoms with Crippen LogP contribution in [0.2, 0.25) is 0 Å². The monoisotopic (exact) mass is 242 g/mol. The van der Waals surface area contributed by atoms with Crippen LogP contribution in [0.1, 0.15) is 46.5 Å². The van der Waals surface area contributed by atoms with E-state index in [1.54, 1.807) is 0 Å². The topological polar surface area (TPSA) is 38.5 Å². The summed E-state index contributed by atoms with van der Waals surface area (Å²) in [5.74, 6) is 0.818. The van der Waals surface area contributed by atoms with Gasteiger partial charge in [-0.15, -0.1) is 0 Å². The molecule has 0 aromatic carbocycles. The molecule has 2 N–H and O–H groups in total. The first-order chi connectivity index (χ1) is 8.13. The molecule has 0 amide bonds. The number of nitrogens with zero attached hydrogens (tertiary/aromatic N) is 1. The SMILES string of the molecule is CCC(CC)CN(CC)CC1(N)CCOCC1. The maximum atomic E-state index is 6.47. The van der Waals surface area contributed by atoms with Gasteiger partial charge in [-0.2, -0.15) is 0 Å². The average molecular weight is 242 g/mol. The molecule has 1 aliphatic heterocycles. The predicted molar refractivity (Wildman–Crippen MR) is 73.2 cm³/mol. The zero-order valence-electron chi connectivity index (χ0n) is 11.9. The van der Waals surface area contributed by atoms with Gasteiger partial charge in [0.25, 0.3) is 0 Å². The first-order valence-electron chi connectivity index (χ1n) is 7.22. The van der Waals surface area contributed by atoms with Crippen molar-refractivity contribution in [3.8, 4) is 0 Å². The number of nitrogens with two attached hydrogens (primary N) is 1. The lowest BCUT2D eigenvalue weighted by atomic mass is 9.90. The summed E-state index contributed by atoms with van der Waals surface area (Å²) in [4.78, 5) is 2.53. The molecule has 1 aliphatic rings. The Hall–Kier alpha value is -0.120. The van der Waals surface area contributed by atoms with Crippen LogP contribution in [-0.4, -0.2) is 43.3 Å². The molecule has 0 saturated carbocycles. The zero-order valence-corrected chi connectivity index (χ0v) is 11.9. The van der Waals surface area contributed by atoms with Crippen LogP contribution in [0.15, 0.2) is 0 Å². The quantitative estimate of drug-likeness (QED) is 0.744. The second-order valence-corrected chi connectivity index (χ2v) is 5.49. The van der Waals surface area contributed by atoms with Gasteiger partial charge in [-0.1, -0.05) is 33.6 Å². The van der Waals surface area contributed by atoms with Crippen LogP contribution in [0.25, 0.3) is 0 Å². The predicted octanol–water partition coefficient (Wildman–Crippen LogP) is 2.25. The van der Waals surface area contributed by atoms with Gasteiger partial charge in [-0.25, -0.2) is 0 Å². The van der Waals surface area contributed by atoms with Crippen molar-refractivity contribution in [2.24, 2.45) is 11.7 Å². The van der Waals surface area contributed by atoms with Crippen molar-refractivity contribution in [3.05, 3.63) is 0 Å². The summed E-state index contributed by atoms with van der Waals surface area (Å²) in [6, 6.07) is 0. The average Bonchev–Trinajstić information content (AvgIpc) is 2.35. The van der Waals surface area contributed by atoms with E-state index in [2.05, 4.69) is 25.7 Å². The van der Waals surface area contributed by atoms with Crippen LogP contribution in [0.3, 0.4) is 0 Å². The highest BCUT2D eigenvalue weighted by atomic mass is 16.5. The Morgan fingerprint density at radius 3 is 2.24 bits per heavy atom. The fourth-order valence-electron chi connectivity index (χ4n) is 2.60. The molecule has 102 valence electrons. The molecule has 1 fully saturated rings. The van der Waals surface area contributed by atoms with Gasteiger partial charge in [0.05, 0.1) is 0 Å². The van der Waals surface area contributed by atoms with Gasteiger partial charge in [-0.3, -0.25) is 0 Å². The molecular formula is C14H30N2O. The lowest BCUT2D eigenvalue weighted by molar-refractivity contribution is 0.0359. The minimum Gasteiger partial charge on any atom is -0.381 e. The Balaban J connectivity index is 2.44. The maximum Gasteiger partial charge on any atom is 0.0484 e. The molecule has 0 spiro atoms. The third-order valence-electron chi connectivity index (χ3n) is 4.15. The number of ether oxygens (including phenoxy) is 1. The number of likely N-dealkylation sites (N-methyl/N-ethyl adjacent to an activating group) is 1. The van der Waals surface area contributed by atoms with Crippen LogP contribution in [-0.2, 0) is 4.74 Å². The maximum absolute atomic E-state index is 6.47. The molecule has 0 aromatic heterocycles. The number of rotatable bonds is 7. The normalized spacial score (nSPS) is 20.1. The Labute approximate surface area is 107 Å². The Morgan fingerprint density at radius 2 is 1.76 bits per heavy atom. The van der Waals surface area contributed by atoms with E-state index in [9.17, 15) is 0 Å². The van der Waals surface area contributed by atoms with Crippen molar-refractivity contribution < 1.29 is 4.74 Å². The highest BCUT2D eigenvalue weighted by molar-refractivity contribution is 4.89. The van der Waals surface area contributed by atoms with E-state index in [0.717, 1.165) is 45.1 Å². The van der Waals surface area contributed by atoms with E-state index >= 15 is 0 Å². The molecule has 0 atom stereocenters.